The van der Waals surface area contributed by atoms with Crippen LogP contribution in [0.15, 0.2) is 510 Å². The number of rotatable bonds is 6. The summed E-state index contributed by atoms with van der Waals surface area (Å²) < 4.78 is 0. The molecule has 0 aliphatic heterocycles. The minimum absolute atomic E-state index is 1.27. The van der Waals surface area contributed by atoms with Crippen LogP contribution in [0.4, 0.5) is 0 Å². The lowest BCUT2D eigenvalue weighted by Gasteiger charge is -2.14. The van der Waals surface area contributed by atoms with Crippen LogP contribution >= 0.6 is 0 Å². The van der Waals surface area contributed by atoms with Crippen molar-refractivity contribution < 1.29 is 0 Å². The van der Waals surface area contributed by atoms with Gasteiger partial charge in [0.05, 0.1) is 0 Å². The molecule has 0 spiro atoms. The van der Waals surface area contributed by atoms with Gasteiger partial charge in [0.15, 0.2) is 0 Å². The zero-order chi connectivity index (χ0) is 94.3. The number of aryl methyl sites for hydroxylation is 6. The van der Waals surface area contributed by atoms with Gasteiger partial charge in [-0.1, -0.05) is 501 Å². The van der Waals surface area contributed by atoms with Gasteiger partial charge in [-0.3, -0.25) is 0 Å². The van der Waals surface area contributed by atoms with Crippen LogP contribution in [0.1, 0.15) is 33.4 Å². The van der Waals surface area contributed by atoms with Gasteiger partial charge in [0.2, 0.25) is 0 Å². The third-order valence-electron chi connectivity index (χ3n) is 28.6. The van der Waals surface area contributed by atoms with Gasteiger partial charge < -0.3 is 0 Å². The third kappa shape index (κ3) is 16.6. The summed E-state index contributed by atoms with van der Waals surface area (Å²) in [7, 11) is 0. The van der Waals surface area contributed by atoms with Crippen molar-refractivity contribution in [3.8, 4) is 66.8 Å². The Hall–Kier alpha value is -17.4. The normalized spacial score (nSPS) is 11.4. The quantitative estimate of drug-likeness (QED) is 0.146. The standard InChI is InChI=1S/3C25H18.C23H16.2C21H16/c1-17-7-6-8-18(15-17)19-13-14-24-22-11-3-2-9-20(22)21-10-4-5-12-23(21)25(24)16-19;1-17-8-2-3-9-19(17)18-14-15-24-22-12-5-4-10-20(22)21-11-6-7-13-23(21)25(24)16-18;1-17-10-12-18(13-11-17)19-14-15-24-22-8-3-2-6-20(22)21-7-4-5-9-23(21)25(24)16-19;1-15-5-7-16(8-6-15)20-13-11-19-10-9-17-3-2-4-18-12-14-21(20)23(19)22(17)18;1-15-8-2-4-10-17(15)21-14-16-9-3-5-11-18(16)19-12-6-7-13-20(19)21;1-15-7-6-9-16(13-15)21-14-17-8-2-3-10-18(17)19-11-4-5-12-20(19)21/h3*2-16H,1H3;2-14H,1H3;2*2-14H,1H3. The Kier molecular flexibility index (Phi) is 23.3. The Balaban J connectivity index is 0.0000000939. The molecule has 28 aromatic carbocycles. The van der Waals surface area contributed by atoms with Crippen LogP contribution in [0.25, 0.3) is 239 Å². The highest BCUT2D eigenvalue weighted by atomic mass is 14.2. The van der Waals surface area contributed by atoms with E-state index in [9.17, 15) is 0 Å². The zero-order valence-electron chi connectivity index (χ0n) is 79.5. The van der Waals surface area contributed by atoms with Gasteiger partial charge in [0.1, 0.15) is 0 Å². The molecule has 0 aromatic heterocycles. The predicted octanol–water partition coefficient (Wildman–Crippen LogP) is 39.9. The number of hydrogen-bond donors (Lipinski definition) is 0. The summed E-state index contributed by atoms with van der Waals surface area (Å²) in [6.45, 7) is 12.9. The molecule has 0 fully saturated rings. The van der Waals surface area contributed by atoms with Gasteiger partial charge in [-0.2, -0.15) is 0 Å². The van der Waals surface area contributed by atoms with Crippen molar-refractivity contribution >= 4 is 172 Å². The molecule has 0 unspecified atom stereocenters. The van der Waals surface area contributed by atoms with E-state index in [0.717, 1.165) is 0 Å². The lowest BCUT2D eigenvalue weighted by atomic mass is 9.90. The van der Waals surface area contributed by atoms with Crippen LogP contribution in [-0.4, -0.2) is 0 Å². The molecule has 662 valence electrons. The van der Waals surface area contributed by atoms with Gasteiger partial charge in [-0.25, -0.2) is 0 Å². The maximum atomic E-state index is 2.35. The zero-order valence-corrected chi connectivity index (χ0v) is 79.5. The van der Waals surface area contributed by atoms with Crippen molar-refractivity contribution in [1.29, 1.82) is 0 Å². The first-order chi connectivity index (χ1) is 68.9. The Labute approximate surface area is 817 Å². The van der Waals surface area contributed by atoms with Crippen LogP contribution in [-0.2, 0) is 0 Å². The molecule has 0 aliphatic rings. The predicted molar refractivity (Wildman–Crippen MR) is 611 cm³/mol. The van der Waals surface area contributed by atoms with Gasteiger partial charge in [0, 0.05) is 0 Å². The van der Waals surface area contributed by atoms with E-state index in [-0.39, 0.29) is 0 Å². The van der Waals surface area contributed by atoms with Crippen LogP contribution in [0.3, 0.4) is 0 Å². The van der Waals surface area contributed by atoms with Crippen LogP contribution < -0.4 is 0 Å². The first-order valence-electron chi connectivity index (χ1n) is 48.8. The van der Waals surface area contributed by atoms with Crippen molar-refractivity contribution in [2.24, 2.45) is 0 Å². The number of benzene rings is 28. The lowest BCUT2D eigenvalue weighted by molar-refractivity contribution is 1.46. The number of hydrogen-bond acceptors (Lipinski definition) is 0. The van der Waals surface area contributed by atoms with Gasteiger partial charge in [-0.15, -0.1) is 0 Å². The van der Waals surface area contributed by atoms with E-state index in [1.165, 1.54) is 273 Å². The molecule has 0 N–H and O–H groups in total. The summed E-state index contributed by atoms with van der Waals surface area (Å²) in [5.41, 5.74) is 23.3. The second-order valence-corrected chi connectivity index (χ2v) is 37.5. The van der Waals surface area contributed by atoms with E-state index >= 15 is 0 Å². The topological polar surface area (TPSA) is 0 Å². The summed E-state index contributed by atoms with van der Waals surface area (Å²) in [4.78, 5) is 0. The molecule has 0 heterocycles. The molecule has 0 aliphatic carbocycles. The van der Waals surface area contributed by atoms with E-state index in [0.29, 0.717) is 0 Å². The highest BCUT2D eigenvalue weighted by molar-refractivity contribution is 6.30. The Bertz CT molecular complexity index is 9510. The van der Waals surface area contributed by atoms with Crippen molar-refractivity contribution in [3.05, 3.63) is 543 Å². The van der Waals surface area contributed by atoms with E-state index < -0.39 is 0 Å². The summed E-state index contributed by atoms with van der Waals surface area (Å²) in [5, 5.41) is 42.5. The molecule has 0 nitrogen and oxygen atoms in total. The maximum absolute atomic E-state index is 2.35. The second kappa shape index (κ2) is 37.7. The molecule has 28 rings (SSSR count). The summed E-state index contributed by atoms with van der Waals surface area (Å²) in [6.07, 6.45) is 0. The van der Waals surface area contributed by atoms with Crippen LogP contribution in [0.2, 0.25) is 0 Å². The molecule has 0 amide bonds. The largest absolute Gasteiger partial charge is 0.0620 e. The molecule has 0 atom stereocenters. The smallest absolute Gasteiger partial charge is 0.00206 e. The molecular weight excluding hydrogens is 1680 g/mol. The summed E-state index contributed by atoms with van der Waals surface area (Å²) in [5.74, 6) is 0. The van der Waals surface area contributed by atoms with Gasteiger partial charge >= 0.3 is 0 Å². The van der Waals surface area contributed by atoms with Crippen molar-refractivity contribution in [2.75, 3.05) is 0 Å². The monoisotopic (exact) mass is 1780 g/mol. The minimum atomic E-state index is 1.27. The molecule has 0 radical (unpaired) electrons. The fourth-order valence-electron chi connectivity index (χ4n) is 21.7. The van der Waals surface area contributed by atoms with Crippen molar-refractivity contribution in [1.82, 2.24) is 0 Å². The summed E-state index contributed by atoms with van der Waals surface area (Å²) >= 11 is 0. The van der Waals surface area contributed by atoms with Gasteiger partial charge in [0.25, 0.3) is 0 Å². The van der Waals surface area contributed by atoms with Crippen LogP contribution in [0, 0.1) is 41.5 Å². The molecule has 140 heavy (non-hydrogen) atoms. The average Bonchev–Trinajstić information content (AvgIpc) is 0.751. The SMILES string of the molecule is Cc1ccc(-c2ccc3c4ccccc4c4ccccc4c3c2)cc1.Cc1ccc(-c2ccc3ccc4cccc5ccc2c3c45)cc1.Cc1cccc(-c2cc3ccccc3c3ccccc23)c1.Cc1cccc(-c2ccc3c4ccccc4c4ccccc4c3c2)c1.Cc1ccccc1-c1cc2ccccc2c2ccccc12.Cc1ccccc1-c1ccc2c3ccccc3c3ccccc3c2c1. The third-order valence-corrected chi connectivity index (χ3v) is 28.6. The highest BCUT2D eigenvalue weighted by Gasteiger charge is 2.19. The Morgan fingerprint density at radius 3 is 0.800 bits per heavy atom. The van der Waals surface area contributed by atoms with E-state index in [2.05, 4.69) is 551 Å². The molecule has 0 bridgehead atoms. The van der Waals surface area contributed by atoms with E-state index in [1.54, 1.807) is 0 Å². The minimum Gasteiger partial charge on any atom is -0.0620 e. The van der Waals surface area contributed by atoms with E-state index in [4.69, 9.17) is 0 Å². The molecular formula is C140H102. The average molecular weight is 1780 g/mol. The Morgan fingerprint density at radius 1 is 0.100 bits per heavy atom. The first kappa shape index (κ1) is 86.7. The highest BCUT2D eigenvalue weighted by Crippen LogP contribution is 2.46. The molecule has 0 heteroatoms. The van der Waals surface area contributed by atoms with Crippen molar-refractivity contribution in [3.63, 3.8) is 0 Å². The fraction of sp³-hybridized carbons (Fsp3) is 0.0429. The number of fused-ring (bicyclic) bond motifs is 24. The lowest BCUT2D eigenvalue weighted by Crippen LogP contribution is -1.87. The first-order valence-corrected chi connectivity index (χ1v) is 48.8. The maximum Gasteiger partial charge on any atom is -0.00206 e. The van der Waals surface area contributed by atoms with Crippen LogP contribution in [0.5, 0.6) is 0 Å². The molecule has 28 aromatic rings. The second-order valence-electron chi connectivity index (χ2n) is 37.5. The molecule has 0 saturated carbocycles. The van der Waals surface area contributed by atoms with Crippen molar-refractivity contribution in [2.45, 2.75) is 41.5 Å². The summed E-state index contributed by atoms with van der Waals surface area (Å²) in [6, 6.07) is 185. The van der Waals surface area contributed by atoms with E-state index in [1.807, 2.05) is 0 Å². The Morgan fingerprint density at radius 2 is 0.364 bits per heavy atom. The molecule has 0 saturated heterocycles. The fourth-order valence-corrected chi connectivity index (χ4v) is 21.7. The van der Waals surface area contributed by atoms with Gasteiger partial charge in [-0.05, 0) is 322 Å².